The molecule has 1 aromatic rings. The SMILES string of the molecule is Cc1nc(SCC(O)CO)ccc1Br. The second kappa shape index (κ2) is 5.70. The normalized spacial score (nSPS) is 12.9. The summed E-state index contributed by atoms with van der Waals surface area (Å²) in [5.41, 5.74) is 0.925. The van der Waals surface area contributed by atoms with Crippen molar-refractivity contribution >= 4 is 27.7 Å². The Bertz CT molecular complexity index is 309. The summed E-state index contributed by atoms with van der Waals surface area (Å²) in [7, 11) is 0. The van der Waals surface area contributed by atoms with Crippen LogP contribution in [0.4, 0.5) is 0 Å². The van der Waals surface area contributed by atoms with Crippen molar-refractivity contribution < 1.29 is 10.2 Å². The average molecular weight is 278 g/mol. The van der Waals surface area contributed by atoms with Crippen LogP contribution in [0.3, 0.4) is 0 Å². The molecule has 0 aliphatic rings. The second-order valence-corrected chi connectivity index (χ2v) is 4.76. The molecule has 0 fully saturated rings. The van der Waals surface area contributed by atoms with E-state index >= 15 is 0 Å². The fraction of sp³-hybridized carbons (Fsp3) is 0.444. The zero-order valence-electron chi connectivity index (χ0n) is 7.77. The molecule has 0 aliphatic heterocycles. The molecule has 0 aromatic carbocycles. The Morgan fingerprint density at radius 3 is 2.86 bits per heavy atom. The summed E-state index contributed by atoms with van der Waals surface area (Å²) < 4.78 is 0.976. The van der Waals surface area contributed by atoms with E-state index in [1.54, 1.807) is 0 Å². The van der Waals surface area contributed by atoms with E-state index in [1.165, 1.54) is 11.8 Å². The summed E-state index contributed by atoms with van der Waals surface area (Å²) in [5, 5.41) is 18.6. The third-order valence-corrected chi connectivity index (χ3v) is 3.54. The molecule has 1 rings (SSSR count). The average Bonchev–Trinajstić information content (AvgIpc) is 2.19. The van der Waals surface area contributed by atoms with Crippen LogP contribution >= 0.6 is 27.7 Å². The highest BCUT2D eigenvalue weighted by Gasteiger charge is 2.04. The molecule has 0 saturated carbocycles. The lowest BCUT2D eigenvalue weighted by molar-refractivity contribution is 0.113. The van der Waals surface area contributed by atoms with Crippen LogP contribution in [0.5, 0.6) is 0 Å². The number of aromatic nitrogens is 1. The number of halogens is 1. The molecule has 0 aliphatic carbocycles. The van der Waals surface area contributed by atoms with Gasteiger partial charge < -0.3 is 10.2 Å². The molecular formula is C9H12BrNO2S. The van der Waals surface area contributed by atoms with E-state index in [9.17, 15) is 0 Å². The zero-order chi connectivity index (χ0) is 10.6. The first-order valence-electron chi connectivity index (χ1n) is 4.18. The number of pyridine rings is 1. The number of thioether (sulfide) groups is 1. The molecule has 1 aromatic heterocycles. The Morgan fingerprint density at radius 1 is 1.57 bits per heavy atom. The van der Waals surface area contributed by atoms with E-state index in [4.69, 9.17) is 10.2 Å². The van der Waals surface area contributed by atoms with E-state index in [1.807, 2.05) is 19.1 Å². The lowest BCUT2D eigenvalue weighted by Crippen LogP contribution is -2.14. The van der Waals surface area contributed by atoms with Gasteiger partial charge in [0.25, 0.3) is 0 Å². The van der Waals surface area contributed by atoms with Crippen molar-refractivity contribution in [3.05, 3.63) is 22.3 Å². The van der Waals surface area contributed by atoms with E-state index in [0.29, 0.717) is 5.75 Å². The minimum Gasteiger partial charge on any atom is -0.394 e. The number of hydrogen-bond acceptors (Lipinski definition) is 4. The summed E-state index contributed by atoms with van der Waals surface area (Å²) in [6.45, 7) is 1.71. The zero-order valence-corrected chi connectivity index (χ0v) is 10.2. The first kappa shape index (κ1) is 12.0. The molecular weight excluding hydrogens is 266 g/mol. The second-order valence-electron chi connectivity index (χ2n) is 2.86. The lowest BCUT2D eigenvalue weighted by Gasteiger charge is -2.06. The predicted molar refractivity (Wildman–Crippen MR) is 60.5 cm³/mol. The molecule has 0 radical (unpaired) electrons. The molecule has 0 amide bonds. The maximum atomic E-state index is 9.14. The van der Waals surface area contributed by atoms with E-state index in [0.717, 1.165) is 15.2 Å². The Kier molecular flexibility index (Phi) is 4.88. The minimum absolute atomic E-state index is 0.206. The summed E-state index contributed by atoms with van der Waals surface area (Å²) in [6.07, 6.45) is -0.675. The highest BCUT2D eigenvalue weighted by atomic mass is 79.9. The first-order valence-corrected chi connectivity index (χ1v) is 5.96. The highest BCUT2D eigenvalue weighted by molar-refractivity contribution is 9.10. The molecule has 3 nitrogen and oxygen atoms in total. The van der Waals surface area contributed by atoms with Gasteiger partial charge in [-0.15, -0.1) is 11.8 Å². The van der Waals surface area contributed by atoms with Crippen LogP contribution in [0, 0.1) is 6.92 Å². The van der Waals surface area contributed by atoms with Gasteiger partial charge in [-0.05, 0) is 35.0 Å². The van der Waals surface area contributed by atoms with Crippen LogP contribution in [0.2, 0.25) is 0 Å². The Hall–Kier alpha value is -0.100. The summed E-state index contributed by atoms with van der Waals surface area (Å²) in [6, 6.07) is 3.81. The third kappa shape index (κ3) is 3.57. The minimum atomic E-state index is -0.675. The van der Waals surface area contributed by atoms with Crippen LogP contribution in [0.15, 0.2) is 21.6 Å². The lowest BCUT2D eigenvalue weighted by atomic mass is 10.4. The van der Waals surface area contributed by atoms with Crippen LogP contribution in [-0.4, -0.2) is 33.7 Å². The van der Waals surface area contributed by atoms with Gasteiger partial charge in [0.2, 0.25) is 0 Å². The summed E-state index contributed by atoms with van der Waals surface area (Å²) in [4.78, 5) is 4.30. The van der Waals surface area contributed by atoms with Crippen molar-refractivity contribution in [2.75, 3.05) is 12.4 Å². The van der Waals surface area contributed by atoms with E-state index < -0.39 is 6.10 Å². The highest BCUT2D eigenvalue weighted by Crippen LogP contribution is 2.21. The van der Waals surface area contributed by atoms with Crippen LogP contribution in [-0.2, 0) is 0 Å². The predicted octanol–water partition coefficient (Wildman–Crippen LogP) is 1.60. The largest absolute Gasteiger partial charge is 0.394 e. The van der Waals surface area contributed by atoms with E-state index in [2.05, 4.69) is 20.9 Å². The summed E-state index contributed by atoms with van der Waals surface area (Å²) in [5.74, 6) is 0.463. The van der Waals surface area contributed by atoms with Gasteiger partial charge in [-0.1, -0.05) is 0 Å². The first-order chi connectivity index (χ1) is 6.63. The number of nitrogens with zero attached hydrogens (tertiary/aromatic N) is 1. The van der Waals surface area contributed by atoms with Crippen molar-refractivity contribution in [2.45, 2.75) is 18.1 Å². The van der Waals surface area contributed by atoms with Gasteiger partial charge in [-0.25, -0.2) is 4.98 Å². The maximum absolute atomic E-state index is 9.14. The van der Waals surface area contributed by atoms with Crippen molar-refractivity contribution in [2.24, 2.45) is 0 Å². The number of aliphatic hydroxyl groups is 2. The van der Waals surface area contributed by atoms with Gasteiger partial charge in [-0.3, -0.25) is 0 Å². The van der Waals surface area contributed by atoms with Gasteiger partial charge in [0, 0.05) is 10.2 Å². The van der Waals surface area contributed by atoms with Crippen molar-refractivity contribution in [1.82, 2.24) is 4.98 Å². The molecule has 0 bridgehead atoms. The summed E-state index contributed by atoms with van der Waals surface area (Å²) >= 11 is 4.80. The molecule has 1 atom stereocenters. The fourth-order valence-electron chi connectivity index (χ4n) is 0.836. The number of hydrogen-bond donors (Lipinski definition) is 2. The Balaban J connectivity index is 2.55. The maximum Gasteiger partial charge on any atom is 0.0964 e. The van der Waals surface area contributed by atoms with Gasteiger partial charge in [0.05, 0.1) is 23.4 Å². The van der Waals surface area contributed by atoms with E-state index in [-0.39, 0.29) is 6.61 Å². The van der Waals surface area contributed by atoms with Crippen LogP contribution in [0.1, 0.15) is 5.69 Å². The molecule has 14 heavy (non-hydrogen) atoms. The van der Waals surface area contributed by atoms with Crippen molar-refractivity contribution in [1.29, 1.82) is 0 Å². The van der Waals surface area contributed by atoms with Crippen molar-refractivity contribution in [3.63, 3.8) is 0 Å². The van der Waals surface area contributed by atoms with Crippen LogP contribution in [0.25, 0.3) is 0 Å². The molecule has 0 spiro atoms. The van der Waals surface area contributed by atoms with Gasteiger partial charge >= 0.3 is 0 Å². The monoisotopic (exact) mass is 277 g/mol. The molecule has 78 valence electrons. The topological polar surface area (TPSA) is 53.4 Å². The van der Waals surface area contributed by atoms with Gasteiger partial charge in [0.1, 0.15) is 0 Å². The van der Waals surface area contributed by atoms with Crippen LogP contribution < -0.4 is 0 Å². The van der Waals surface area contributed by atoms with Gasteiger partial charge in [-0.2, -0.15) is 0 Å². The standard InChI is InChI=1S/C9H12BrNO2S/c1-6-8(10)2-3-9(11-6)14-5-7(13)4-12/h2-3,7,12-13H,4-5H2,1H3. The smallest absolute Gasteiger partial charge is 0.0964 e. The Labute approximate surface area is 95.7 Å². The molecule has 5 heteroatoms. The Morgan fingerprint density at radius 2 is 2.29 bits per heavy atom. The molecule has 1 unspecified atom stereocenters. The number of aryl methyl sites for hydroxylation is 1. The molecule has 2 N–H and O–H groups in total. The fourth-order valence-corrected chi connectivity index (χ4v) is 1.89. The quantitative estimate of drug-likeness (QED) is 0.821. The number of aliphatic hydroxyl groups excluding tert-OH is 2. The third-order valence-electron chi connectivity index (χ3n) is 1.63. The number of rotatable bonds is 4. The van der Waals surface area contributed by atoms with Gasteiger partial charge in [0.15, 0.2) is 0 Å². The molecule has 0 saturated heterocycles. The van der Waals surface area contributed by atoms with Crippen molar-refractivity contribution in [3.8, 4) is 0 Å². The molecule has 1 heterocycles.